The molecule has 1 aromatic rings. The van der Waals surface area contributed by atoms with Crippen molar-refractivity contribution in [1.82, 2.24) is 15.0 Å². The lowest BCUT2D eigenvalue weighted by Crippen LogP contribution is -2.49. The Labute approximate surface area is 104 Å². The van der Waals surface area contributed by atoms with E-state index in [1.54, 1.807) is 0 Å². The van der Waals surface area contributed by atoms with Gasteiger partial charge < -0.3 is 9.64 Å². The Balaban J connectivity index is 2.28. The van der Waals surface area contributed by atoms with Gasteiger partial charge in [-0.1, -0.05) is 0 Å². The van der Waals surface area contributed by atoms with Crippen LogP contribution < -0.4 is 4.90 Å². The standard InChI is InChI=1S/C9H12Cl2N4O/c1-5-6(2)16-4-3-15(5)9-13-7(10)12-8(11)14-9/h5-6H,3-4H2,1-2H3. The minimum absolute atomic E-state index is 0.112. The first-order valence-corrected chi connectivity index (χ1v) is 5.79. The summed E-state index contributed by atoms with van der Waals surface area (Å²) in [4.78, 5) is 13.9. The maximum atomic E-state index is 5.75. The number of hydrogen-bond acceptors (Lipinski definition) is 5. The third kappa shape index (κ3) is 2.36. The van der Waals surface area contributed by atoms with Crippen LogP contribution in [0.4, 0.5) is 5.95 Å². The zero-order valence-electron chi connectivity index (χ0n) is 9.02. The average molecular weight is 263 g/mol. The fourth-order valence-electron chi connectivity index (χ4n) is 1.66. The largest absolute Gasteiger partial charge is 0.375 e. The van der Waals surface area contributed by atoms with Crippen LogP contribution in [-0.2, 0) is 4.74 Å². The Bertz CT molecular complexity index is 370. The number of rotatable bonds is 1. The van der Waals surface area contributed by atoms with Crippen molar-refractivity contribution < 1.29 is 4.74 Å². The van der Waals surface area contributed by atoms with Crippen molar-refractivity contribution in [1.29, 1.82) is 0 Å². The molecule has 0 amide bonds. The van der Waals surface area contributed by atoms with Crippen LogP contribution in [0.2, 0.25) is 10.6 Å². The zero-order valence-corrected chi connectivity index (χ0v) is 10.5. The van der Waals surface area contributed by atoms with Crippen molar-refractivity contribution in [3.05, 3.63) is 10.6 Å². The monoisotopic (exact) mass is 262 g/mol. The van der Waals surface area contributed by atoms with Gasteiger partial charge >= 0.3 is 0 Å². The van der Waals surface area contributed by atoms with Crippen LogP contribution in [0, 0.1) is 0 Å². The van der Waals surface area contributed by atoms with E-state index >= 15 is 0 Å². The van der Waals surface area contributed by atoms with Crippen LogP contribution in [0.25, 0.3) is 0 Å². The average Bonchev–Trinajstić information content (AvgIpc) is 2.20. The third-order valence-electron chi connectivity index (χ3n) is 2.71. The molecule has 0 aromatic carbocycles. The van der Waals surface area contributed by atoms with Gasteiger partial charge in [-0.25, -0.2) is 0 Å². The van der Waals surface area contributed by atoms with Crippen molar-refractivity contribution in [2.45, 2.75) is 26.0 Å². The van der Waals surface area contributed by atoms with Crippen LogP contribution in [0.15, 0.2) is 0 Å². The molecule has 0 saturated carbocycles. The minimum Gasteiger partial charge on any atom is -0.375 e. The Morgan fingerprint density at radius 3 is 2.44 bits per heavy atom. The normalized spacial score (nSPS) is 25.9. The first-order valence-electron chi connectivity index (χ1n) is 5.03. The molecule has 0 N–H and O–H groups in total. The van der Waals surface area contributed by atoms with E-state index in [1.165, 1.54) is 0 Å². The van der Waals surface area contributed by atoms with Crippen molar-refractivity contribution in [3.8, 4) is 0 Å². The summed E-state index contributed by atoms with van der Waals surface area (Å²) >= 11 is 11.5. The SMILES string of the molecule is CC1OCCN(c2nc(Cl)nc(Cl)n2)C1C. The molecule has 0 spiro atoms. The van der Waals surface area contributed by atoms with Gasteiger partial charge in [-0.3, -0.25) is 0 Å². The van der Waals surface area contributed by atoms with E-state index in [9.17, 15) is 0 Å². The van der Waals surface area contributed by atoms with E-state index < -0.39 is 0 Å². The molecule has 2 atom stereocenters. The van der Waals surface area contributed by atoms with Crippen LogP contribution in [-0.4, -0.2) is 40.2 Å². The molecule has 0 radical (unpaired) electrons. The lowest BCUT2D eigenvalue weighted by molar-refractivity contribution is 0.0277. The summed E-state index contributed by atoms with van der Waals surface area (Å²) in [7, 11) is 0. The maximum absolute atomic E-state index is 5.75. The second-order valence-corrected chi connectivity index (χ2v) is 4.36. The fourth-order valence-corrected chi connectivity index (χ4v) is 2.01. The first kappa shape index (κ1) is 11.8. The molecule has 1 aliphatic rings. The highest BCUT2D eigenvalue weighted by Gasteiger charge is 2.27. The summed E-state index contributed by atoms with van der Waals surface area (Å²) in [6, 6.07) is 0.184. The minimum atomic E-state index is 0.112. The smallest absolute Gasteiger partial charge is 0.231 e. The molecule has 1 aliphatic heterocycles. The summed E-state index contributed by atoms with van der Waals surface area (Å²) in [6.07, 6.45) is 0.128. The molecule has 7 heteroatoms. The number of halogens is 2. The van der Waals surface area contributed by atoms with Crippen LogP contribution in [0.5, 0.6) is 0 Å². The van der Waals surface area contributed by atoms with Crippen molar-refractivity contribution >= 4 is 29.2 Å². The van der Waals surface area contributed by atoms with Gasteiger partial charge in [0.25, 0.3) is 0 Å². The van der Waals surface area contributed by atoms with Gasteiger partial charge in [0.2, 0.25) is 16.5 Å². The number of nitrogens with zero attached hydrogens (tertiary/aromatic N) is 4. The van der Waals surface area contributed by atoms with Gasteiger partial charge in [0.05, 0.1) is 18.8 Å². The molecule has 16 heavy (non-hydrogen) atoms. The van der Waals surface area contributed by atoms with Crippen molar-refractivity contribution in [2.75, 3.05) is 18.1 Å². The van der Waals surface area contributed by atoms with Gasteiger partial charge in [-0.2, -0.15) is 15.0 Å². The highest BCUT2D eigenvalue weighted by molar-refractivity contribution is 6.31. The molecular formula is C9H12Cl2N4O. The predicted octanol–water partition coefficient (Wildman–Crippen LogP) is 1.79. The fraction of sp³-hybridized carbons (Fsp3) is 0.667. The number of ether oxygens (including phenoxy) is 1. The molecule has 2 unspecified atom stereocenters. The molecular weight excluding hydrogens is 251 g/mol. The molecule has 1 aromatic heterocycles. The van der Waals surface area contributed by atoms with Crippen LogP contribution >= 0.6 is 23.2 Å². The van der Waals surface area contributed by atoms with E-state index in [1.807, 2.05) is 11.8 Å². The molecule has 2 heterocycles. The number of anilines is 1. The van der Waals surface area contributed by atoms with Crippen molar-refractivity contribution in [2.24, 2.45) is 0 Å². The van der Waals surface area contributed by atoms with Gasteiger partial charge in [-0.15, -0.1) is 0 Å². The predicted molar refractivity (Wildman–Crippen MR) is 62.1 cm³/mol. The Kier molecular flexibility index (Phi) is 3.47. The van der Waals surface area contributed by atoms with E-state index in [0.717, 1.165) is 6.54 Å². The second kappa shape index (κ2) is 4.69. The summed E-state index contributed by atoms with van der Waals surface area (Å²) < 4.78 is 5.52. The summed E-state index contributed by atoms with van der Waals surface area (Å²) in [5, 5.41) is 0.225. The first-order chi connectivity index (χ1) is 7.58. The zero-order chi connectivity index (χ0) is 11.7. The highest BCUT2D eigenvalue weighted by atomic mass is 35.5. The summed E-state index contributed by atoms with van der Waals surface area (Å²) in [5.41, 5.74) is 0. The van der Waals surface area contributed by atoms with Crippen LogP contribution in [0.3, 0.4) is 0 Å². The third-order valence-corrected chi connectivity index (χ3v) is 3.05. The Morgan fingerprint density at radius 2 is 1.81 bits per heavy atom. The van der Waals surface area contributed by atoms with E-state index in [-0.39, 0.29) is 22.7 Å². The number of aromatic nitrogens is 3. The quantitative estimate of drug-likeness (QED) is 0.773. The molecule has 1 fully saturated rings. The highest BCUT2D eigenvalue weighted by Crippen LogP contribution is 2.21. The Hall–Kier alpha value is -0.650. The topological polar surface area (TPSA) is 51.1 Å². The number of hydrogen-bond donors (Lipinski definition) is 0. The van der Waals surface area contributed by atoms with Crippen LogP contribution in [0.1, 0.15) is 13.8 Å². The molecule has 0 bridgehead atoms. The number of morpholine rings is 1. The van der Waals surface area contributed by atoms with Crippen molar-refractivity contribution in [3.63, 3.8) is 0 Å². The molecule has 88 valence electrons. The summed E-state index contributed by atoms with van der Waals surface area (Å²) in [5.74, 6) is 0.507. The van der Waals surface area contributed by atoms with Gasteiger partial charge in [0.1, 0.15) is 0 Å². The molecule has 1 saturated heterocycles. The van der Waals surface area contributed by atoms with Gasteiger partial charge in [0.15, 0.2) is 0 Å². The van der Waals surface area contributed by atoms with E-state index in [2.05, 4.69) is 21.9 Å². The summed E-state index contributed by atoms with van der Waals surface area (Å²) in [6.45, 7) is 5.44. The lowest BCUT2D eigenvalue weighted by atomic mass is 10.1. The van der Waals surface area contributed by atoms with Gasteiger partial charge in [-0.05, 0) is 37.0 Å². The van der Waals surface area contributed by atoms with Gasteiger partial charge in [0, 0.05) is 6.54 Å². The second-order valence-electron chi connectivity index (χ2n) is 3.68. The maximum Gasteiger partial charge on any atom is 0.231 e. The molecule has 2 rings (SSSR count). The Morgan fingerprint density at radius 1 is 1.19 bits per heavy atom. The molecule has 0 aliphatic carbocycles. The lowest BCUT2D eigenvalue weighted by Gasteiger charge is -2.37. The molecule has 5 nitrogen and oxygen atoms in total. The van der Waals surface area contributed by atoms with E-state index in [0.29, 0.717) is 12.6 Å². The van der Waals surface area contributed by atoms with E-state index in [4.69, 9.17) is 27.9 Å².